The maximum Gasteiger partial charge on any atom is 0.472 e. The molecule has 9 nitrogen and oxygen atoms in total. The third kappa shape index (κ3) is 67.6. The number of nitrogens with zero attached hydrogens (tertiary/aromatic N) is 1. The minimum Gasteiger partial charge on any atom is -0.456 e. The minimum atomic E-state index is -4.46. The second kappa shape index (κ2) is 67.1. The van der Waals surface area contributed by atoms with E-state index in [0.29, 0.717) is 17.4 Å². The van der Waals surface area contributed by atoms with Crippen molar-refractivity contribution in [1.82, 2.24) is 5.32 Å². The number of phosphoric ester groups is 1. The van der Waals surface area contributed by atoms with Crippen molar-refractivity contribution in [2.75, 3.05) is 40.9 Å². The van der Waals surface area contributed by atoms with Gasteiger partial charge in [-0.25, -0.2) is 4.57 Å². The normalized spacial score (nSPS) is 13.9. The summed E-state index contributed by atoms with van der Waals surface area (Å²) in [6.45, 7) is 6.93. The molecule has 10 heteroatoms. The zero-order chi connectivity index (χ0) is 64.2. The first-order chi connectivity index (χ1) is 42.9. The van der Waals surface area contributed by atoms with Crippen LogP contribution < -0.4 is 5.32 Å². The number of phosphoric acid groups is 1. The van der Waals surface area contributed by atoms with Gasteiger partial charge in [0.15, 0.2) is 0 Å². The van der Waals surface area contributed by atoms with E-state index >= 15 is 0 Å². The molecule has 3 atom stereocenters. The predicted octanol–water partition coefficient (Wildman–Crippen LogP) is 24.1. The number of quaternary nitrogens is 1. The summed E-state index contributed by atoms with van der Waals surface area (Å²) in [6.07, 6.45) is 90.3. The van der Waals surface area contributed by atoms with Gasteiger partial charge in [-0.15, -0.1) is 0 Å². The molecule has 2 N–H and O–H groups in total. The summed E-state index contributed by atoms with van der Waals surface area (Å²) in [4.78, 5) is 38.0. The highest BCUT2D eigenvalue weighted by molar-refractivity contribution is 7.47. The van der Waals surface area contributed by atoms with Crippen LogP contribution in [-0.4, -0.2) is 74.3 Å². The van der Waals surface area contributed by atoms with Crippen LogP contribution in [0.5, 0.6) is 0 Å². The van der Waals surface area contributed by atoms with Crippen molar-refractivity contribution < 1.29 is 37.3 Å². The molecule has 0 spiro atoms. The van der Waals surface area contributed by atoms with E-state index in [1.54, 1.807) is 0 Å². The van der Waals surface area contributed by atoms with Crippen molar-refractivity contribution in [3.05, 3.63) is 85.1 Å². The van der Waals surface area contributed by atoms with E-state index in [2.05, 4.69) is 99.0 Å². The van der Waals surface area contributed by atoms with Gasteiger partial charge in [-0.1, -0.05) is 318 Å². The minimum absolute atomic E-state index is 0.0367. The fourth-order valence-corrected chi connectivity index (χ4v) is 11.6. The molecule has 0 saturated carbocycles. The average Bonchev–Trinajstić information content (AvgIpc) is 3.71. The van der Waals surface area contributed by atoms with Crippen LogP contribution in [0.2, 0.25) is 0 Å². The van der Waals surface area contributed by atoms with Gasteiger partial charge < -0.3 is 19.4 Å². The molecular formula is C78H144N2O7P+. The maximum atomic E-state index is 13.6. The molecule has 0 aromatic rings. The predicted molar refractivity (Wildman–Crippen MR) is 383 cm³/mol. The van der Waals surface area contributed by atoms with E-state index in [1.165, 1.54) is 212 Å². The van der Waals surface area contributed by atoms with Crippen LogP contribution >= 0.6 is 7.82 Å². The van der Waals surface area contributed by atoms with Gasteiger partial charge in [0.2, 0.25) is 5.91 Å². The molecule has 0 aliphatic carbocycles. The van der Waals surface area contributed by atoms with Crippen LogP contribution in [0.1, 0.15) is 348 Å². The smallest absolute Gasteiger partial charge is 0.456 e. The van der Waals surface area contributed by atoms with Gasteiger partial charge in [-0.2, -0.15) is 0 Å². The summed E-state index contributed by atoms with van der Waals surface area (Å²) in [6, 6.07) is -0.857. The fraction of sp³-hybridized carbons (Fsp3) is 0.795. The van der Waals surface area contributed by atoms with E-state index in [9.17, 15) is 19.0 Å². The Hall–Kier alpha value is -2.81. The molecule has 0 aliphatic rings. The second-order valence-electron chi connectivity index (χ2n) is 26.4. The Morgan fingerprint density at radius 1 is 0.409 bits per heavy atom. The van der Waals surface area contributed by atoms with Crippen LogP contribution in [0, 0.1) is 0 Å². The lowest BCUT2D eigenvalue weighted by Gasteiger charge is -2.27. The summed E-state index contributed by atoms with van der Waals surface area (Å²) >= 11 is 0. The quantitative estimate of drug-likeness (QED) is 0.0205. The first-order valence-electron chi connectivity index (χ1n) is 37.4. The fourth-order valence-electron chi connectivity index (χ4n) is 10.8. The van der Waals surface area contributed by atoms with Crippen LogP contribution in [0.3, 0.4) is 0 Å². The van der Waals surface area contributed by atoms with Crippen LogP contribution in [0.4, 0.5) is 0 Å². The topological polar surface area (TPSA) is 111 Å². The number of ether oxygens (including phenoxy) is 1. The Morgan fingerprint density at radius 2 is 0.727 bits per heavy atom. The van der Waals surface area contributed by atoms with Gasteiger partial charge in [0.25, 0.3) is 0 Å². The first-order valence-corrected chi connectivity index (χ1v) is 38.9. The van der Waals surface area contributed by atoms with Crippen molar-refractivity contribution in [3.8, 4) is 0 Å². The van der Waals surface area contributed by atoms with Crippen molar-refractivity contribution >= 4 is 19.7 Å². The Balaban J connectivity index is 5.00. The number of carbonyl (C=O) groups is 2. The van der Waals surface area contributed by atoms with Gasteiger partial charge in [0, 0.05) is 12.8 Å². The van der Waals surface area contributed by atoms with Gasteiger partial charge >= 0.3 is 13.8 Å². The average molecular weight is 1250 g/mol. The molecule has 1 amide bonds. The summed E-state index contributed by atoms with van der Waals surface area (Å²) < 4.78 is 30.9. The van der Waals surface area contributed by atoms with Crippen molar-refractivity contribution in [2.45, 2.75) is 360 Å². The van der Waals surface area contributed by atoms with Crippen molar-refractivity contribution in [1.29, 1.82) is 0 Å². The van der Waals surface area contributed by atoms with Crippen molar-refractivity contribution in [2.24, 2.45) is 0 Å². The summed E-state index contributed by atoms with van der Waals surface area (Å²) in [5, 5.41) is 3.08. The van der Waals surface area contributed by atoms with E-state index < -0.39 is 20.0 Å². The third-order valence-electron chi connectivity index (χ3n) is 16.6. The van der Waals surface area contributed by atoms with E-state index in [1.807, 2.05) is 33.3 Å². The molecule has 512 valence electrons. The summed E-state index contributed by atoms with van der Waals surface area (Å²) in [5.74, 6) is -0.508. The molecule has 0 radical (unpaired) electrons. The number of esters is 1. The summed E-state index contributed by atoms with van der Waals surface area (Å²) in [5.41, 5.74) is 0. The Morgan fingerprint density at radius 3 is 1.10 bits per heavy atom. The highest BCUT2D eigenvalue weighted by Crippen LogP contribution is 2.43. The zero-order valence-corrected chi connectivity index (χ0v) is 59.6. The molecule has 0 aromatic carbocycles. The Bertz CT molecular complexity index is 1780. The zero-order valence-electron chi connectivity index (χ0n) is 58.7. The molecule has 0 aromatic heterocycles. The molecular weight excluding hydrogens is 1110 g/mol. The molecule has 0 aliphatic heterocycles. The molecule has 88 heavy (non-hydrogen) atoms. The van der Waals surface area contributed by atoms with Crippen LogP contribution in [0.25, 0.3) is 0 Å². The highest BCUT2D eigenvalue weighted by atomic mass is 31.2. The van der Waals surface area contributed by atoms with E-state index in [0.717, 1.165) is 103 Å². The second-order valence-corrected chi connectivity index (χ2v) is 27.9. The first kappa shape index (κ1) is 85.2. The number of hydrogen-bond donors (Lipinski definition) is 2. The van der Waals surface area contributed by atoms with Crippen LogP contribution in [-0.2, 0) is 27.9 Å². The standard InChI is InChI=1S/C78H143N2O7P/c1-7-10-13-16-19-22-25-28-30-32-34-36-38-39-40-41-43-44-46-48-50-52-55-58-61-64-67-70-77(81)79-75(74-86-88(83,84)85-73-72-80(4,5)6)76(69-66-63-60-57-54-27-24-21-18-15-12-9-3)87-78(82)71-68-65-62-59-56-53-51-49-47-45-42-37-35-33-31-29-26-23-20-17-14-11-8-2/h11,14,20,23,28-31,35,37,45,47,66,69,75-76H,7-10,12-13,15-19,21-22,24-27,32-34,36,38-44,46,48-65,67-68,70-74H2,1-6H3,(H-,79,81,83,84)/p+1/b14-11-,23-20-,30-28+,31-29-,37-35-,47-45-,69-66-. The number of likely N-dealkylation sites (N-methyl/N-ethyl adjacent to an activating group) is 1. The maximum absolute atomic E-state index is 13.6. The number of unbranched alkanes of at least 4 members (excludes halogenated alkanes) is 40. The van der Waals surface area contributed by atoms with Gasteiger partial charge in [-0.3, -0.25) is 18.6 Å². The number of amides is 1. The van der Waals surface area contributed by atoms with Gasteiger partial charge in [-0.05, 0) is 102 Å². The lowest BCUT2D eigenvalue weighted by molar-refractivity contribution is -0.870. The molecule has 0 saturated heterocycles. The SMILES string of the molecule is CC/C=C\C/C=C\C/C=C\C/C=C\C/C=C\CCCCCCCCCC(=O)OC(/C=C\CCCCCCCCCCCC)C(COP(=O)(O)OCC[N+](C)(C)C)NC(=O)CCCCCCCCCCCCCCCCCCC/C=C/CCCCCCCC. The lowest BCUT2D eigenvalue weighted by Crippen LogP contribution is -2.47. The van der Waals surface area contributed by atoms with Crippen molar-refractivity contribution in [3.63, 3.8) is 0 Å². The number of hydrogen-bond acceptors (Lipinski definition) is 6. The largest absolute Gasteiger partial charge is 0.472 e. The van der Waals surface area contributed by atoms with Crippen LogP contribution in [0.15, 0.2) is 85.1 Å². The Labute approximate surface area is 546 Å². The Kier molecular flexibility index (Phi) is 64.9. The number of nitrogens with one attached hydrogen (secondary N) is 1. The molecule has 0 bridgehead atoms. The number of allylic oxidation sites excluding steroid dienone is 13. The van der Waals surface area contributed by atoms with E-state index in [-0.39, 0.29) is 31.5 Å². The van der Waals surface area contributed by atoms with Gasteiger partial charge in [0.1, 0.15) is 19.3 Å². The summed E-state index contributed by atoms with van der Waals surface area (Å²) in [7, 11) is 1.49. The molecule has 0 fully saturated rings. The molecule has 0 heterocycles. The monoisotopic (exact) mass is 1250 g/mol. The van der Waals surface area contributed by atoms with Gasteiger partial charge in [0.05, 0.1) is 33.8 Å². The third-order valence-corrected chi connectivity index (χ3v) is 17.6. The molecule has 0 rings (SSSR count). The van der Waals surface area contributed by atoms with E-state index in [4.69, 9.17) is 13.8 Å². The number of rotatable bonds is 68. The number of carbonyl (C=O) groups excluding carboxylic acids is 2. The molecule has 3 unspecified atom stereocenters. The highest BCUT2D eigenvalue weighted by Gasteiger charge is 2.30. The lowest BCUT2D eigenvalue weighted by atomic mass is 10.0.